The van der Waals surface area contributed by atoms with Gasteiger partial charge < -0.3 is 13.6 Å². The van der Waals surface area contributed by atoms with Crippen molar-refractivity contribution in [3.8, 4) is 45.5 Å². The van der Waals surface area contributed by atoms with E-state index < -0.39 is 0 Å². The molecule has 6 nitrogen and oxygen atoms in total. The molecule has 320 valence electrons. The third-order valence-corrected chi connectivity index (χ3v) is 14.1. The second-order valence-corrected chi connectivity index (χ2v) is 18.0. The van der Waals surface area contributed by atoms with Gasteiger partial charge >= 0.3 is 0 Å². The molecule has 0 N–H and O–H groups in total. The predicted octanol–water partition coefficient (Wildman–Crippen LogP) is 16.4. The van der Waals surface area contributed by atoms with Gasteiger partial charge in [0.25, 0.3) is 0 Å². The molecule has 4 aromatic heterocycles. The molecule has 0 aliphatic heterocycles. The van der Waals surface area contributed by atoms with Gasteiger partial charge in [0.2, 0.25) is 0 Å². The standard InChI is InChI=1S/C63H37N5O/c1-3-16-38(17-4-1)61-64-62(47-27-15-29-53-58(47)46-26-13-14-28-52(46)67(53)45-24-5-2-6-25-45)66-63(65-61)48-30-31-54(60-59(48)51-34-41-20-9-12-23-44(41)37-57(51)69-60)68-55-35-42-21-10-7-18-39(42)32-49(55)50-33-40-19-8-11-22-43(40)36-56(50)68/h1-37H. The highest BCUT2D eigenvalue weighted by Gasteiger charge is 2.25. The number of nitrogens with zero attached hydrogens (tertiary/aromatic N) is 5. The molecule has 0 unspecified atom stereocenters. The second-order valence-electron chi connectivity index (χ2n) is 18.0. The fourth-order valence-electron chi connectivity index (χ4n) is 11.0. The average Bonchev–Trinajstić information content (AvgIpc) is 4.06. The van der Waals surface area contributed by atoms with E-state index in [0.29, 0.717) is 17.5 Å². The van der Waals surface area contributed by atoms with Gasteiger partial charge in [-0.3, -0.25) is 0 Å². The number of rotatable bonds is 5. The normalized spacial score (nSPS) is 12.1. The zero-order valence-electron chi connectivity index (χ0n) is 37.0. The first-order valence-corrected chi connectivity index (χ1v) is 23.3. The minimum Gasteiger partial charge on any atom is -0.454 e. The molecular weight excluding hydrogens is 843 g/mol. The van der Waals surface area contributed by atoms with Crippen molar-refractivity contribution in [2.45, 2.75) is 0 Å². The molecule has 0 spiro atoms. The highest BCUT2D eigenvalue weighted by molar-refractivity contribution is 6.21. The molecule has 69 heavy (non-hydrogen) atoms. The molecule has 15 aromatic rings. The van der Waals surface area contributed by atoms with E-state index in [9.17, 15) is 0 Å². The largest absolute Gasteiger partial charge is 0.454 e. The minimum atomic E-state index is 0.564. The third kappa shape index (κ3) is 5.69. The number of benzene rings is 11. The number of para-hydroxylation sites is 2. The first-order valence-electron chi connectivity index (χ1n) is 23.3. The Bertz CT molecular complexity index is 4510. The lowest BCUT2D eigenvalue weighted by Crippen LogP contribution is -2.02. The van der Waals surface area contributed by atoms with Crippen molar-refractivity contribution in [1.29, 1.82) is 0 Å². The van der Waals surface area contributed by atoms with Crippen molar-refractivity contribution in [2.24, 2.45) is 0 Å². The van der Waals surface area contributed by atoms with Crippen LogP contribution >= 0.6 is 0 Å². The van der Waals surface area contributed by atoms with Gasteiger partial charge in [0.15, 0.2) is 23.1 Å². The molecule has 0 atom stereocenters. The summed E-state index contributed by atoms with van der Waals surface area (Å²) in [6, 6.07) is 79.7. The Morgan fingerprint density at radius 3 is 1.48 bits per heavy atom. The van der Waals surface area contributed by atoms with Crippen LogP contribution in [0.2, 0.25) is 0 Å². The summed E-state index contributed by atoms with van der Waals surface area (Å²) >= 11 is 0. The van der Waals surface area contributed by atoms with E-state index in [1.165, 1.54) is 32.3 Å². The van der Waals surface area contributed by atoms with Crippen LogP contribution in [0, 0.1) is 0 Å². The van der Waals surface area contributed by atoms with Gasteiger partial charge in [0, 0.05) is 54.7 Å². The maximum atomic E-state index is 7.24. The van der Waals surface area contributed by atoms with Crippen molar-refractivity contribution in [3.63, 3.8) is 0 Å². The lowest BCUT2D eigenvalue weighted by molar-refractivity contribution is 0.667. The lowest BCUT2D eigenvalue weighted by Gasteiger charge is -2.13. The Balaban J connectivity index is 1.05. The van der Waals surface area contributed by atoms with E-state index in [-0.39, 0.29) is 0 Å². The third-order valence-electron chi connectivity index (χ3n) is 14.1. The Kier molecular flexibility index (Phi) is 7.97. The molecule has 0 bridgehead atoms. The van der Waals surface area contributed by atoms with Gasteiger partial charge in [0.05, 0.1) is 27.8 Å². The highest BCUT2D eigenvalue weighted by atomic mass is 16.3. The van der Waals surface area contributed by atoms with E-state index in [0.717, 1.165) is 93.6 Å². The van der Waals surface area contributed by atoms with Crippen LogP contribution in [-0.2, 0) is 0 Å². The molecule has 15 rings (SSSR count). The molecule has 0 radical (unpaired) electrons. The van der Waals surface area contributed by atoms with Crippen LogP contribution in [0.25, 0.3) is 143 Å². The molecule has 0 saturated heterocycles. The average molecular weight is 880 g/mol. The van der Waals surface area contributed by atoms with Crippen LogP contribution in [0.15, 0.2) is 229 Å². The predicted molar refractivity (Wildman–Crippen MR) is 285 cm³/mol. The SMILES string of the molecule is c1ccc(-c2nc(-c3ccc(-n4c5cc6ccccc6cc5c5cc6ccccc6cc54)c4oc5cc6ccccc6cc5c34)nc(-c3cccc4c3c3ccccc3n4-c3ccccc3)n2)cc1. The first kappa shape index (κ1) is 37.8. The molecule has 0 aliphatic carbocycles. The molecule has 6 heteroatoms. The summed E-state index contributed by atoms with van der Waals surface area (Å²) in [5.74, 6) is 1.75. The Labute approximate surface area is 394 Å². The molecule has 4 heterocycles. The number of aromatic nitrogens is 5. The second kappa shape index (κ2) is 14.6. The summed E-state index contributed by atoms with van der Waals surface area (Å²) in [7, 11) is 0. The summed E-state index contributed by atoms with van der Waals surface area (Å²) < 4.78 is 12.0. The van der Waals surface area contributed by atoms with Crippen molar-refractivity contribution in [2.75, 3.05) is 0 Å². The minimum absolute atomic E-state index is 0.564. The maximum absolute atomic E-state index is 7.24. The van der Waals surface area contributed by atoms with Crippen LogP contribution in [0.3, 0.4) is 0 Å². The number of furan rings is 1. The smallest absolute Gasteiger partial charge is 0.164 e. The van der Waals surface area contributed by atoms with E-state index in [1.807, 2.05) is 18.2 Å². The lowest BCUT2D eigenvalue weighted by atomic mass is 10.0. The van der Waals surface area contributed by atoms with E-state index in [2.05, 4.69) is 215 Å². The maximum Gasteiger partial charge on any atom is 0.164 e. The molecule has 0 amide bonds. The zero-order valence-corrected chi connectivity index (χ0v) is 37.0. The fraction of sp³-hybridized carbons (Fsp3) is 0. The molecule has 11 aromatic carbocycles. The van der Waals surface area contributed by atoms with Crippen molar-refractivity contribution < 1.29 is 4.42 Å². The van der Waals surface area contributed by atoms with E-state index in [4.69, 9.17) is 19.4 Å². The van der Waals surface area contributed by atoms with Crippen molar-refractivity contribution >= 4 is 97.9 Å². The van der Waals surface area contributed by atoms with Crippen molar-refractivity contribution in [3.05, 3.63) is 224 Å². The molecule has 0 fully saturated rings. The number of fused-ring (bicyclic) bond motifs is 12. The first-order chi connectivity index (χ1) is 34.2. The molecule has 0 saturated carbocycles. The topological polar surface area (TPSA) is 61.7 Å². The van der Waals surface area contributed by atoms with E-state index in [1.54, 1.807) is 0 Å². The van der Waals surface area contributed by atoms with Crippen LogP contribution < -0.4 is 0 Å². The van der Waals surface area contributed by atoms with Gasteiger partial charge in [-0.2, -0.15) is 0 Å². The van der Waals surface area contributed by atoms with Crippen LogP contribution in [-0.4, -0.2) is 24.1 Å². The summed E-state index contributed by atoms with van der Waals surface area (Å²) in [4.78, 5) is 16.2. The molecule has 0 aliphatic rings. The van der Waals surface area contributed by atoms with Gasteiger partial charge in [0.1, 0.15) is 5.58 Å². The number of hydrogen-bond donors (Lipinski definition) is 0. The summed E-state index contributed by atoms with van der Waals surface area (Å²) in [6.45, 7) is 0. The van der Waals surface area contributed by atoms with Gasteiger partial charge in [-0.25, -0.2) is 15.0 Å². The molecular formula is C63H37N5O. The Hall–Kier alpha value is -9.39. The zero-order chi connectivity index (χ0) is 45.2. The Morgan fingerprint density at radius 1 is 0.319 bits per heavy atom. The van der Waals surface area contributed by atoms with Gasteiger partial charge in [-0.05, 0) is 105 Å². The monoisotopic (exact) mass is 879 g/mol. The van der Waals surface area contributed by atoms with Gasteiger partial charge in [-0.1, -0.05) is 152 Å². The summed E-state index contributed by atoms with van der Waals surface area (Å²) in [5.41, 5.74) is 10.7. The summed E-state index contributed by atoms with van der Waals surface area (Å²) in [5, 5.41) is 13.5. The number of hydrogen-bond acceptors (Lipinski definition) is 4. The highest BCUT2D eigenvalue weighted by Crippen LogP contribution is 2.45. The van der Waals surface area contributed by atoms with Crippen LogP contribution in [0.4, 0.5) is 0 Å². The van der Waals surface area contributed by atoms with E-state index >= 15 is 0 Å². The quantitative estimate of drug-likeness (QED) is 0.173. The Morgan fingerprint density at radius 2 is 0.826 bits per heavy atom. The van der Waals surface area contributed by atoms with Crippen LogP contribution in [0.5, 0.6) is 0 Å². The van der Waals surface area contributed by atoms with Crippen molar-refractivity contribution in [1.82, 2.24) is 24.1 Å². The van der Waals surface area contributed by atoms with Gasteiger partial charge in [-0.15, -0.1) is 0 Å². The summed E-state index contributed by atoms with van der Waals surface area (Å²) in [6.07, 6.45) is 0. The fourth-order valence-corrected chi connectivity index (χ4v) is 11.0. The van der Waals surface area contributed by atoms with Crippen LogP contribution in [0.1, 0.15) is 0 Å².